The molecule has 0 spiro atoms. The summed E-state index contributed by atoms with van der Waals surface area (Å²) in [6, 6.07) is 0. The topological polar surface area (TPSA) is 49.0 Å². The van der Waals surface area contributed by atoms with Gasteiger partial charge < -0.3 is 4.90 Å². The second-order valence-corrected chi connectivity index (χ2v) is 4.35. The molecule has 1 fully saturated rings. The molecule has 0 unspecified atom stereocenters. The maximum atomic E-state index is 11.8. The first-order valence-electron chi connectivity index (χ1n) is 6.07. The Morgan fingerprint density at radius 3 is 2.56 bits per heavy atom. The van der Waals surface area contributed by atoms with Gasteiger partial charge in [-0.2, -0.15) is 0 Å². The predicted molar refractivity (Wildman–Crippen MR) is 65.0 cm³/mol. The van der Waals surface area contributed by atoms with Crippen LogP contribution in [0.2, 0.25) is 0 Å². The van der Waals surface area contributed by atoms with Crippen molar-refractivity contribution < 1.29 is 0 Å². The van der Waals surface area contributed by atoms with E-state index in [-0.39, 0.29) is 5.56 Å². The Labute approximate surface area is 95.7 Å². The maximum Gasteiger partial charge on any atom is 0.255 e. The highest BCUT2D eigenvalue weighted by Crippen LogP contribution is 2.15. The summed E-state index contributed by atoms with van der Waals surface area (Å²) in [6.45, 7) is 5.92. The lowest BCUT2D eigenvalue weighted by Gasteiger charge is -2.27. The van der Waals surface area contributed by atoms with Crippen molar-refractivity contribution in [2.45, 2.75) is 39.5 Å². The van der Waals surface area contributed by atoms with E-state index in [0.29, 0.717) is 0 Å². The Kier molecular flexibility index (Phi) is 3.27. The van der Waals surface area contributed by atoms with Crippen LogP contribution in [0.25, 0.3) is 0 Å². The maximum absolute atomic E-state index is 11.8. The van der Waals surface area contributed by atoms with Crippen molar-refractivity contribution >= 4 is 5.95 Å². The van der Waals surface area contributed by atoms with Crippen LogP contribution in [0.1, 0.15) is 37.4 Å². The molecule has 1 N–H and O–H groups in total. The second-order valence-electron chi connectivity index (χ2n) is 4.35. The summed E-state index contributed by atoms with van der Waals surface area (Å²) >= 11 is 0. The minimum Gasteiger partial charge on any atom is -0.342 e. The van der Waals surface area contributed by atoms with E-state index >= 15 is 0 Å². The number of hydrogen-bond donors (Lipinski definition) is 1. The fraction of sp³-hybridized carbons (Fsp3) is 0.667. The Bertz CT molecular complexity index is 419. The van der Waals surface area contributed by atoms with E-state index in [1.807, 2.05) is 13.8 Å². The van der Waals surface area contributed by atoms with E-state index < -0.39 is 0 Å². The number of aryl methyl sites for hydroxylation is 1. The number of hydrogen-bond acceptors (Lipinski definition) is 3. The van der Waals surface area contributed by atoms with Gasteiger partial charge in [0.05, 0.1) is 0 Å². The van der Waals surface area contributed by atoms with Crippen molar-refractivity contribution in [3.63, 3.8) is 0 Å². The van der Waals surface area contributed by atoms with Crippen LogP contribution in [0.5, 0.6) is 0 Å². The van der Waals surface area contributed by atoms with Gasteiger partial charge in [0.2, 0.25) is 5.95 Å². The summed E-state index contributed by atoms with van der Waals surface area (Å²) in [6.07, 6.45) is 4.41. The van der Waals surface area contributed by atoms with Crippen molar-refractivity contribution in [1.82, 2.24) is 9.97 Å². The van der Waals surface area contributed by atoms with Gasteiger partial charge in [-0.15, -0.1) is 0 Å². The first-order chi connectivity index (χ1) is 7.72. The number of piperidine rings is 1. The van der Waals surface area contributed by atoms with Crippen molar-refractivity contribution in [3.8, 4) is 0 Å². The molecule has 0 aliphatic carbocycles. The Morgan fingerprint density at radius 1 is 1.31 bits per heavy atom. The first-order valence-corrected chi connectivity index (χ1v) is 6.07. The minimum atomic E-state index is 0.0237. The highest BCUT2D eigenvalue weighted by atomic mass is 16.1. The van der Waals surface area contributed by atoms with Gasteiger partial charge in [-0.1, -0.05) is 6.92 Å². The lowest BCUT2D eigenvalue weighted by molar-refractivity contribution is 0.566. The molecule has 0 aromatic carbocycles. The smallest absolute Gasteiger partial charge is 0.255 e. The van der Waals surface area contributed by atoms with Gasteiger partial charge in [-0.3, -0.25) is 9.78 Å². The molecule has 0 radical (unpaired) electrons. The zero-order valence-electron chi connectivity index (χ0n) is 10.0. The molecule has 0 amide bonds. The molecule has 16 heavy (non-hydrogen) atoms. The van der Waals surface area contributed by atoms with Gasteiger partial charge in [0.1, 0.15) is 0 Å². The van der Waals surface area contributed by atoms with Crippen LogP contribution in [0, 0.1) is 6.92 Å². The molecular formula is C12H19N3O. The van der Waals surface area contributed by atoms with Crippen LogP contribution >= 0.6 is 0 Å². The van der Waals surface area contributed by atoms with Crippen molar-refractivity contribution in [3.05, 3.63) is 21.6 Å². The predicted octanol–water partition coefficient (Wildman–Crippen LogP) is 1.63. The molecule has 0 bridgehead atoms. The summed E-state index contributed by atoms with van der Waals surface area (Å²) in [5.74, 6) is 0.749. The third kappa shape index (κ3) is 2.10. The third-order valence-electron chi connectivity index (χ3n) is 3.22. The Morgan fingerprint density at radius 2 is 2.00 bits per heavy atom. The third-order valence-corrected chi connectivity index (χ3v) is 3.22. The number of H-pyrrole nitrogens is 1. The summed E-state index contributed by atoms with van der Waals surface area (Å²) in [5.41, 5.74) is 1.70. The van der Waals surface area contributed by atoms with Crippen LogP contribution < -0.4 is 10.5 Å². The standard InChI is InChI=1S/C12H19N3O/c1-3-10-9(2)13-12(14-11(10)16)15-7-5-4-6-8-15/h3-8H2,1-2H3,(H,13,14,16). The van der Waals surface area contributed by atoms with Crippen molar-refractivity contribution in [2.24, 2.45) is 0 Å². The number of rotatable bonds is 2. The lowest BCUT2D eigenvalue weighted by Crippen LogP contribution is -2.33. The molecule has 2 heterocycles. The number of nitrogens with one attached hydrogen (secondary N) is 1. The molecule has 88 valence electrons. The zero-order chi connectivity index (χ0) is 11.5. The summed E-state index contributed by atoms with van der Waals surface area (Å²) < 4.78 is 0. The molecule has 1 aromatic heterocycles. The molecule has 4 heteroatoms. The Hall–Kier alpha value is -1.32. The van der Waals surface area contributed by atoms with Crippen LogP contribution in [-0.2, 0) is 6.42 Å². The molecular weight excluding hydrogens is 202 g/mol. The minimum absolute atomic E-state index is 0.0237. The molecule has 2 rings (SSSR count). The summed E-state index contributed by atoms with van der Waals surface area (Å²) in [7, 11) is 0. The van der Waals surface area contributed by atoms with E-state index in [9.17, 15) is 4.79 Å². The van der Waals surface area contributed by atoms with Gasteiger partial charge in [-0.05, 0) is 32.6 Å². The van der Waals surface area contributed by atoms with E-state index in [0.717, 1.165) is 36.7 Å². The second kappa shape index (κ2) is 4.68. The fourth-order valence-electron chi connectivity index (χ4n) is 2.27. The average Bonchev–Trinajstić information content (AvgIpc) is 2.30. The van der Waals surface area contributed by atoms with Gasteiger partial charge in [0, 0.05) is 24.3 Å². The Balaban J connectivity index is 2.31. The highest BCUT2D eigenvalue weighted by Gasteiger charge is 2.14. The molecule has 1 aliphatic heterocycles. The molecule has 4 nitrogen and oxygen atoms in total. The van der Waals surface area contributed by atoms with Crippen LogP contribution in [0.4, 0.5) is 5.95 Å². The monoisotopic (exact) mass is 221 g/mol. The quantitative estimate of drug-likeness (QED) is 0.825. The molecule has 1 aliphatic rings. The van der Waals surface area contributed by atoms with Crippen LogP contribution in [-0.4, -0.2) is 23.1 Å². The van der Waals surface area contributed by atoms with Crippen LogP contribution in [0.3, 0.4) is 0 Å². The van der Waals surface area contributed by atoms with E-state index in [1.54, 1.807) is 0 Å². The SMILES string of the molecule is CCc1c(C)nc(N2CCCCC2)[nH]c1=O. The van der Waals surface area contributed by atoms with Gasteiger partial charge in [-0.25, -0.2) is 4.98 Å². The number of aromatic amines is 1. The van der Waals surface area contributed by atoms with Crippen LogP contribution in [0.15, 0.2) is 4.79 Å². The fourth-order valence-corrected chi connectivity index (χ4v) is 2.27. The van der Waals surface area contributed by atoms with E-state index in [4.69, 9.17) is 0 Å². The van der Waals surface area contributed by atoms with Gasteiger partial charge in [0.25, 0.3) is 5.56 Å². The van der Waals surface area contributed by atoms with E-state index in [1.165, 1.54) is 19.3 Å². The molecule has 0 saturated carbocycles. The molecule has 0 atom stereocenters. The van der Waals surface area contributed by atoms with E-state index in [2.05, 4.69) is 14.9 Å². The number of aromatic nitrogens is 2. The lowest BCUT2D eigenvalue weighted by atomic mass is 10.1. The molecule has 1 saturated heterocycles. The summed E-state index contributed by atoms with van der Waals surface area (Å²) in [4.78, 5) is 21.4. The zero-order valence-corrected chi connectivity index (χ0v) is 10.0. The largest absolute Gasteiger partial charge is 0.342 e. The highest BCUT2D eigenvalue weighted by molar-refractivity contribution is 5.33. The van der Waals surface area contributed by atoms with Gasteiger partial charge in [0.15, 0.2) is 0 Å². The molecule has 1 aromatic rings. The van der Waals surface area contributed by atoms with Gasteiger partial charge >= 0.3 is 0 Å². The summed E-state index contributed by atoms with van der Waals surface area (Å²) in [5, 5.41) is 0. The average molecular weight is 221 g/mol. The normalized spacial score (nSPS) is 16.5. The number of nitrogens with zero attached hydrogens (tertiary/aromatic N) is 2. The first kappa shape index (κ1) is 11.2. The van der Waals surface area contributed by atoms with Crippen molar-refractivity contribution in [1.29, 1.82) is 0 Å². The van der Waals surface area contributed by atoms with Crippen molar-refractivity contribution in [2.75, 3.05) is 18.0 Å². The number of anilines is 1.